The number of pyridine rings is 1. The van der Waals surface area contributed by atoms with E-state index < -0.39 is 0 Å². The highest BCUT2D eigenvalue weighted by Crippen LogP contribution is 2.19. The van der Waals surface area contributed by atoms with Gasteiger partial charge in [0.1, 0.15) is 0 Å². The lowest BCUT2D eigenvalue weighted by atomic mass is 10.1. The molecule has 1 heterocycles. The molecule has 5 heteroatoms. The van der Waals surface area contributed by atoms with Crippen LogP contribution in [0.2, 0.25) is 0 Å². The molecular weight excluding hydrogens is 254 g/mol. The first-order valence-corrected chi connectivity index (χ1v) is 6.46. The highest BCUT2D eigenvalue weighted by molar-refractivity contribution is 5.35. The fourth-order valence-electron chi connectivity index (χ4n) is 1.98. The van der Waals surface area contributed by atoms with Gasteiger partial charge in [0.15, 0.2) is 0 Å². The van der Waals surface area contributed by atoms with Crippen molar-refractivity contribution in [3.8, 4) is 0 Å². The van der Waals surface area contributed by atoms with E-state index in [0.717, 1.165) is 16.8 Å². The minimum atomic E-state index is -0.376. The highest BCUT2D eigenvalue weighted by Gasteiger charge is 2.11. The summed E-state index contributed by atoms with van der Waals surface area (Å²) in [4.78, 5) is 14.7. The van der Waals surface area contributed by atoms with Crippen molar-refractivity contribution in [3.05, 3.63) is 69.5 Å². The van der Waals surface area contributed by atoms with E-state index in [2.05, 4.69) is 10.3 Å². The lowest BCUT2D eigenvalue weighted by Crippen LogP contribution is -2.19. The van der Waals surface area contributed by atoms with Crippen LogP contribution in [-0.2, 0) is 6.54 Å². The van der Waals surface area contributed by atoms with E-state index in [0.29, 0.717) is 6.54 Å². The molecule has 5 nitrogen and oxygen atoms in total. The predicted octanol–water partition coefficient (Wildman–Crippen LogP) is 3.15. The molecule has 1 N–H and O–H groups in total. The van der Waals surface area contributed by atoms with E-state index in [1.165, 1.54) is 6.07 Å². The summed E-state index contributed by atoms with van der Waals surface area (Å²) < 4.78 is 0. The van der Waals surface area contributed by atoms with Crippen LogP contribution in [0.1, 0.15) is 29.8 Å². The molecule has 1 atom stereocenters. The Morgan fingerprint density at radius 3 is 2.85 bits per heavy atom. The van der Waals surface area contributed by atoms with Gasteiger partial charge in [-0.25, -0.2) is 0 Å². The Hall–Kier alpha value is -2.27. The van der Waals surface area contributed by atoms with Gasteiger partial charge in [-0.2, -0.15) is 0 Å². The second kappa shape index (κ2) is 6.25. The number of hydrogen-bond acceptors (Lipinski definition) is 4. The quantitative estimate of drug-likeness (QED) is 0.670. The molecule has 0 amide bonds. The number of aryl methyl sites for hydroxylation is 1. The van der Waals surface area contributed by atoms with Gasteiger partial charge in [-0.15, -0.1) is 0 Å². The van der Waals surface area contributed by atoms with E-state index in [-0.39, 0.29) is 16.7 Å². The van der Waals surface area contributed by atoms with Crippen LogP contribution >= 0.6 is 0 Å². The third kappa shape index (κ3) is 3.39. The number of nitrogens with one attached hydrogen (secondary N) is 1. The zero-order valence-corrected chi connectivity index (χ0v) is 11.5. The summed E-state index contributed by atoms with van der Waals surface area (Å²) >= 11 is 0. The van der Waals surface area contributed by atoms with Gasteiger partial charge in [-0.05, 0) is 31.0 Å². The molecule has 0 fully saturated rings. The normalized spacial score (nSPS) is 12.1. The van der Waals surface area contributed by atoms with Gasteiger partial charge in [0, 0.05) is 30.9 Å². The van der Waals surface area contributed by atoms with Crippen LogP contribution in [0, 0.1) is 17.0 Å². The van der Waals surface area contributed by atoms with Crippen molar-refractivity contribution in [1.82, 2.24) is 10.3 Å². The smallest absolute Gasteiger partial charge is 0.269 e. The summed E-state index contributed by atoms with van der Waals surface area (Å²) in [6.45, 7) is 4.63. The van der Waals surface area contributed by atoms with Gasteiger partial charge in [0.25, 0.3) is 5.69 Å². The number of rotatable bonds is 5. The molecule has 2 aromatic rings. The Labute approximate surface area is 117 Å². The van der Waals surface area contributed by atoms with Crippen molar-refractivity contribution < 1.29 is 4.92 Å². The molecule has 0 saturated carbocycles. The topological polar surface area (TPSA) is 68.1 Å². The molecule has 1 aromatic carbocycles. The second-order valence-corrected chi connectivity index (χ2v) is 4.72. The van der Waals surface area contributed by atoms with Crippen LogP contribution < -0.4 is 5.32 Å². The number of benzene rings is 1. The average molecular weight is 271 g/mol. The van der Waals surface area contributed by atoms with Crippen molar-refractivity contribution in [2.75, 3.05) is 0 Å². The largest absolute Gasteiger partial charge is 0.305 e. The fraction of sp³-hybridized carbons (Fsp3) is 0.267. The maximum Gasteiger partial charge on any atom is 0.269 e. The average Bonchev–Trinajstić information content (AvgIpc) is 2.46. The van der Waals surface area contributed by atoms with Crippen molar-refractivity contribution in [2.45, 2.75) is 26.4 Å². The van der Waals surface area contributed by atoms with E-state index in [4.69, 9.17) is 0 Å². The highest BCUT2D eigenvalue weighted by atomic mass is 16.6. The van der Waals surface area contributed by atoms with E-state index in [1.807, 2.05) is 32.0 Å². The maximum atomic E-state index is 10.8. The third-order valence-corrected chi connectivity index (χ3v) is 3.27. The molecule has 1 unspecified atom stereocenters. The van der Waals surface area contributed by atoms with Crippen LogP contribution in [-0.4, -0.2) is 9.91 Å². The summed E-state index contributed by atoms with van der Waals surface area (Å²) in [5.41, 5.74) is 3.13. The van der Waals surface area contributed by atoms with Crippen LogP contribution in [0.5, 0.6) is 0 Å². The van der Waals surface area contributed by atoms with Gasteiger partial charge in [-0.3, -0.25) is 15.1 Å². The molecular formula is C15H17N3O2. The fourth-order valence-corrected chi connectivity index (χ4v) is 1.98. The monoisotopic (exact) mass is 271 g/mol. The van der Waals surface area contributed by atoms with Crippen LogP contribution in [0.25, 0.3) is 0 Å². The summed E-state index contributed by atoms with van der Waals surface area (Å²) in [6, 6.07) is 10.6. The maximum absolute atomic E-state index is 10.8. The van der Waals surface area contributed by atoms with E-state index >= 15 is 0 Å². The van der Waals surface area contributed by atoms with Gasteiger partial charge < -0.3 is 5.32 Å². The van der Waals surface area contributed by atoms with Gasteiger partial charge in [0.2, 0.25) is 0 Å². The molecule has 0 aliphatic carbocycles. The third-order valence-electron chi connectivity index (χ3n) is 3.27. The Bertz CT molecular complexity index is 614. The molecule has 1 aromatic heterocycles. The molecule has 0 aliphatic rings. The number of aromatic nitrogens is 1. The van der Waals surface area contributed by atoms with Crippen molar-refractivity contribution in [2.24, 2.45) is 0 Å². The Kier molecular flexibility index (Phi) is 4.42. The number of nitrogens with zero attached hydrogens (tertiary/aromatic N) is 2. The first-order valence-electron chi connectivity index (χ1n) is 6.46. The van der Waals surface area contributed by atoms with Crippen LogP contribution in [0.15, 0.2) is 42.6 Å². The standard InChI is InChI=1S/C15H17N3O2/c1-11-5-4-8-16-15(11)10-17-12(2)13-6-3-7-14(9-13)18(19)20/h3-9,12,17H,10H2,1-2H3. The van der Waals surface area contributed by atoms with E-state index in [9.17, 15) is 10.1 Å². The molecule has 104 valence electrons. The number of nitro benzene ring substituents is 1. The number of hydrogen-bond donors (Lipinski definition) is 1. The summed E-state index contributed by atoms with van der Waals surface area (Å²) in [7, 11) is 0. The van der Waals surface area contributed by atoms with E-state index in [1.54, 1.807) is 18.3 Å². The summed E-state index contributed by atoms with van der Waals surface area (Å²) in [5, 5.41) is 14.1. The van der Waals surface area contributed by atoms with Crippen LogP contribution in [0.4, 0.5) is 5.69 Å². The zero-order chi connectivity index (χ0) is 14.5. The van der Waals surface area contributed by atoms with Crippen molar-refractivity contribution in [3.63, 3.8) is 0 Å². The number of non-ortho nitro benzene ring substituents is 1. The lowest BCUT2D eigenvalue weighted by molar-refractivity contribution is -0.384. The molecule has 0 radical (unpaired) electrons. The predicted molar refractivity (Wildman–Crippen MR) is 77.3 cm³/mol. The lowest BCUT2D eigenvalue weighted by Gasteiger charge is -2.14. The van der Waals surface area contributed by atoms with Crippen molar-refractivity contribution in [1.29, 1.82) is 0 Å². The molecule has 2 rings (SSSR count). The van der Waals surface area contributed by atoms with Gasteiger partial charge in [-0.1, -0.05) is 18.2 Å². The summed E-state index contributed by atoms with van der Waals surface area (Å²) in [6.07, 6.45) is 1.77. The first-order chi connectivity index (χ1) is 9.58. The Balaban J connectivity index is 2.05. The molecule has 0 saturated heterocycles. The summed E-state index contributed by atoms with van der Waals surface area (Å²) in [5.74, 6) is 0. The van der Waals surface area contributed by atoms with Crippen LogP contribution in [0.3, 0.4) is 0 Å². The van der Waals surface area contributed by atoms with Gasteiger partial charge >= 0.3 is 0 Å². The molecule has 0 spiro atoms. The van der Waals surface area contributed by atoms with Gasteiger partial charge in [0.05, 0.1) is 10.6 Å². The Morgan fingerprint density at radius 2 is 2.15 bits per heavy atom. The molecule has 0 aliphatic heterocycles. The Morgan fingerprint density at radius 1 is 1.35 bits per heavy atom. The first kappa shape index (κ1) is 14.1. The minimum absolute atomic E-state index is 0.0244. The second-order valence-electron chi connectivity index (χ2n) is 4.72. The molecule has 0 bridgehead atoms. The SMILES string of the molecule is Cc1cccnc1CNC(C)c1cccc([N+](=O)[O-])c1. The number of nitro groups is 1. The minimum Gasteiger partial charge on any atom is -0.305 e. The molecule has 20 heavy (non-hydrogen) atoms. The zero-order valence-electron chi connectivity index (χ0n) is 11.5. The van der Waals surface area contributed by atoms with Crippen molar-refractivity contribution >= 4 is 5.69 Å².